The molecule has 3 heterocycles. The maximum Gasteiger partial charge on any atom is 0.109 e. The van der Waals surface area contributed by atoms with Gasteiger partial charge in [0.1, 0.15) is 4.83 Å². The normalized spacial score (nSPS) is 14.0. The summed E-state index contributed by atoms with van der Waals surface area (Å²) in [5, 5.41) is 7.97. The summed E-state index contributed by atoms with van der Waals surface area (Å²) in [7, 11) is 0. The van der Waals surface area contributed by atoms with Crippen LogP contribution in [0.15, 0.2) is 127 Å². The quantitative estimate of drug-likeness (QED) is 0.196. The highest BCUT2D eigenvalue weighted by molar-refractivity contribution is 7.22. The van der Waals surface area contributed by atoms with Gasteiger partial charge >= 0.3 is 0 Å². The molecule has 0 atom stereocenters. The van der Waals surface area contributed by atoms with Crippen molar-refractivity contribution < 1.29 is 0 Å². The molecule has 1 aliphatic carbocycles. The van der Waals surface area contributed by atoms with Crippen molar-refractivity contribution in [2.45, 2.75) is 19.3 Å². The zero-order valence-electron chi connectivity index (χ0n) is 24.0. The zero-order valence-corrected chi connectivity index (χ0v) is 24.8. The van der Waals surface area contributed by atoms with Gasteiger partial charge in [0, 0.05) is 31.8 Å². The molecule has 0 fully saturated rings. The fourth-order valence-electron chi connectivity index (χ4n) is 8.04. The third-order valence-electron chi connectivity index (χ3n) is 9.96. The molecule has 9 aromatic rings. The van der Waals surface area contributed by atoms with E-state index in [2.05, 4.69) is 146 Å². The molecule has 3 aromatic heterocycles. The van der Waals surface area contributed by atoms with Crippen LogP contribution in [0, 0.1) is 0 Å². The van der Waals surface area contributed by atoms with Crippen LogP contribution in [0.25, 0.3) is 80.9 Å². The van der Waals surface area contributed by atoms with Gasteiger partial charge in [-0.05, 0) is 67.9 Å². The van der Waals surface area contributed by atoms with Crippen LogP contribution < -0.4 is 0 Å². The molecule has 0 saturated carbocycles. The van der Waals surface area contributed by atoms with Crippen molar-refractivity contribution in [2.24, 2.45) is 0 Å². The standard InChI is InChI=1S/C41H27NS/c1-41(2)33-19-8-6-15-28(33)37-29(18-11-20-34(37)41)36-23-32-27-17-10-16-26-30(24-12-4-3-5-13-24)22-31-25-14-7-9-21-35(25)42(40(32)43-36)39(31)38(26)27/h3-23H,1-2H3. The minimum atomic E-state index is -0.0166. The van der Waals surface area contributed by atoms with Crippen LogP contribution in [0.5, 0.6) is 0 Å². The number of rotatable bonds is 2. The van der Waals surface area contributed by atoms with Crippen LogP contribution >= 0.6 is 11.3 Å². The van der Waals surface area contributed by atoms with E-state index in [0.717, 1.165) is 0 Å². The lowest BCUT2D eigenvalue weighted by Gasteiger charge is -2.21. The SMILES string of the molecule is CC1(C)c2ccccc2-c2c(-c3cc4c5cccc6c(-c7ccccc7)cc7c8ccccc8n(c4s3)c7c65)cccc21. The second kappa shape index (κ2) is 8.12. The van der Waals surface area contributed by atoms with Gasteiger partial charge in [0.2, 0.25) is 0 Å². The lowest BCUT2D eigenvalue weighted by Crippen LogP contribution is -2.14. The second-order valence-corrected chi connectivity index (χ2v) is 13.5. The van der Waals surface area contributed by atoms with Crippen molar-refractivity contribution in [1.82, 2.24) is 4.40 Å². The topological polar surface area (TPSA) is 4.41 Å². The van der Waals surface area contributed by atoms with Crippen molar-refractivity contribution in [2.75, 3.05) is 0 Å². The van der Waals surface area contributed by atoms with Crippen molar-refractivity contribution in [3.05, 3.63) is 139 Å². The van der Waals surface area contributed by atoms with Gasteiger partial charge in [-0.3, -0.25) is 4.40 Å². The smallest absolute Gasteiger partial charge is 0.109 e. The Balaban J connectivity index is 1.38. The fraction of sp³-hybridized carbons (Fsp3) is 0.0732. The number of fused-ring (bicyclic) bond motifs is 9. The molecule has 0 N–H and O–H groups in total. The van der Waals surface area contributed by atoms with Crippen LogP contribution in [0.3, 0.4) is 0 Å². The summed E-state index contributed by atoms with van der Waals surface area (Å²) in [5.41, 5.74) is 12.1. The summed E-state index contributed by atoms with van der Waals surface area (Å²) >= 11 is 1.93. The predicted octanol–water partition coefficient (Wildman–Crippen LogP) is 11.7. The molecule has 0 aliphatic heterocycles. The van der Waals surface area contributed by atoms with Gasteiger partial charge in [-0.2, -0.15) is 0 Å². The number of para-hydroxylation sites is 1. The first-order valence-corrected chi connectivity index (χ1v) is 15.9. The van der Waals surface area contributed by atoms with Crippen LogP contribution in [-0.4, -0.2) is 4.40 Å². The minimum Gasteiger partial charge on any atom is -0.299 e. The molecule has 0 spiro atoms. The van der Waals surface area contributed by atoms with Crippen molar-refractivity contribution in [3.63, 3.8) is 0 Å². The predicted molar refractivity (Wildman–Crippen MR) is 185 cm³/mol. The molecule has 0 bridgehead atoms. The molecule has 2 heteroatoms. The largest absolute Gasteiger partial charge is 0.299 e. The Morgan fingerprint density at radius 2 is 1.23 bits per heavy atom. The van der Waals surface area contributed by atoms with Crippen LogP contribution in [0.2, 0.25) is 0 Å². The van der Waals surface area contributed by atoms with E-state index in [1.165, 1.54) is 92.0 Å². The maximum absolute atomic E-state index is 2.55. The summed E-state index contributed by atoms with van der Waals surface area (Å²) in [4.78, 5) is 2.64. The van der Waals surface area contributed by atoms with Gasteiger partial charge in [0.25, 0.3) is 0 Å². The average molecular weight is 566 g/mol. The number of pyridine rings is 1. The summed E-state index contributed by atoms with van der Waals surface area (Å²) in [6.45, 7) is 4.73. The van der Waals surface area contributed by atoms with Crippen LogP contribution in [0.1, 0.15) is 25.0 Å². The van der Waals surface area contributed by atoms with Gasteiger partial charge < -0.3 is 0 Å². The number of thiophene rings is 1. The first kappa shape index (κ1) is 23.6. The number of hydrogen-bond donors (Lipinski definition) is 0. The molecule has 43 heavy (non-hydrogen) atoms. The highest BCUT2D eigenvalue weighted by Gasteiger charge is 2.36. The highest BCUT2D eigenvalue weighted by Crippen LogP contribution is 2.54. The Morgan fingerprint density at radius 1 is 0.535 bits per heavy atom. The molecular formula is C41H27NS. The van der Waals surface area contributed by atoms with Crippen molar-refractivity contribution in [1.29, 1.82) is 0 Å². The lowest BCUT2D eigenvalue weighted by atomic mass is 9.82. The Kier molecular flexibility index (Phi) is 4.46. The molecule has 6 aromatic carbocycles. The summed E-state index contributed by atoms with van der Waals surface area (Å²) in [5.74, 6) is 0. The van der Waals surface area contributed by atoms with Gasteiger partial charge in [0.05, 0.1) is 11.0 Å². The van der Waals surface area contributed by atoms with E-state index in [0.29, 0.717) is 0 Å². The van der Waals surface area contributed by atoms with E-state index in [9.17, 15) is 0 Å². The molecule has 0 unspecified atom stereocenters. The average Bonchev–Trinajstić information content (AvgIpc) is 3.71. The third kappa shape index (κ3) is 2.92. The number of benzene rings is 6. The lowest BCUT2D eigenvalue weighted by molar-refractivity contribution is 0.660. The fourth-order valence-corrected chi connectivity index (χ4v) is 9.26. The van der Waals surface area contributed by atoms with Gasteiger partial charge in [-0.25, -0.2) is 0 Å². The van der Waals surface area contributed by atoms with Gasteiger partial charge in [-0.15, -0.1) is 11.3 Å². The number of hydrogen-bond acceptors (Lipinski definition) is 1. The van der Waals surface area contributed by atoms with E-state index in [1.807, 2.05) is 11.3 Å². The Bertz CT molecular complexity index is 2580. The summed E-state index contributed by atoms with van der Waals surface area (Å²) < 4.78 is 2.55. The maximum atomic E-state index is 2.55. The Labute approximate surface area is 253 Å². The van der Waals surface area contributed by atoms with E-state index in [4.69, 9.17) is 0 Å². The number of nitrogens with zero attached hydrogens (tertiary/aromatic N) is 1. The molecule has 202 valence electrons. The molecule has 1 aliphatic rings. The Morgan fingerprint density at radius 3 is 2.14 bits per heavy atom. The molecule has 1 nitrogen and oxygen atoms in total. The van der Waals surface area contributed by atoms with E-state index in [1.54, 1.807) is 0 Å². The molecule has 0 radical (unpaired) electrons. The van der Waals surface area contributed by atoms with E-state index in [-0.39, 0.29) is 5.41 Å². The summed E-state index contributed by atoms with van der Waals surface area (Å²) in [6.07, 6.45) is 0. The first-order valence-electron chi connectivity index (χ1n) is 15.0. The van der Waals surface area contributed by atoms with Gasteiger partial charge in [0.15, 0.2) is 0 Å². The van der Waals surface area contributed by atoms with Gasteiger partial charge in [-0.1, -0.05) is 123 Å². The Hall–Kier alpha value is -4.92. The first-order chi connectivity index (χ1) is 21.1. The molecular weight excluding hydrogens is 539 g/mol. The van der Waals surface area contributed by atoms with Crippen molar-refractivity contribution >= 4 is 59.5 Å². The molecule has 0 saturated heterocycles. The number of aromatic nitrogens is 1. The molecule has 10 rings (SSSR count). The summed E-state index contributed by atoms with van der Waals surface area (Å²) in [6, 6.07) is 47.5. The highest BCUT2D eigenvalue weighted by atomic mass is 32.1. The van der Waals surface area contributed by atoms with Crippen molar-refractivity contribution in [3.8, 4) is 32.7 Å². The van der Waals surface area contributed by atoms with E-state index >= 15 is 0 Å². The minimum absolute atomic E-state index is 0.0166. The van der Waals surface area contributed by atoms with Crippen LogP contribution in [-0.2, 0) is 5.41 Å². The third-order valence-corrected chi connectivity index (χ3v) is 11.1. The second-order valence-electron chi connectivity index (χ2n) is 12.5. The molecule has 0 amide bonds. The monoisotopic (exact) mass is 565 g/mol. The van der Waals surface area contributed by atoms with E-state index < -0.39 is 0 Å². The zero-order chi connectivity index (χ0) is 28.4. The van der Waals surface area contributed by atoms with Crippen LogP contribution in [0.4, 0.5) is 0 Å².